The van der Waals surface area contributed by atoms with Crippen LogP contribution in [0.2, 0.25) is 0 Å². The normalized spacial score (nSPS) is 17.0. The molecular formula is C26H45N4P. The molecule has 31 heavy (non-hydrogen) atoms. The van der Waals surface area contributed by atoms with Gasteiger partial charge in [0.2, 0.25) is 0 Å². The van der Waals surface area contributed by atoms with Crippen LogP contribution in [-0.2, 0) is 0 Å². The van der Waals surface area contributed by atoms with E-state index in [0.717, 1.165) is 31.2 Å². The molecule has 0 aromatic heterocycles. The van der Waals surface area contributed by atoms with Crippen molar-refractivity contribution in [3.63, 3.8) is 0 Å². The smallest absolute Gasteiger partial charge is 0.255 e. The van der Waals surface area contributed by atoms with E-state index in [1.807, 2.05) is 0 Å². The van der Waals surface area contributed by atoms with Crippen LogP contribution in [0.4, 0.5) is 5.69 Å². The number of nitrogens with zero attached hydrogens (tertiary/aromatic N) is 4. The molecule has 1 aromatic rings. The fraction of sp³-hybridized carbons (Fsp3) is 0.615. The molecule has 0 spiro atoms. The number of para-hydroxylation sites is 1. The van der Waals surface area contributed by atoms with E-state index in [-0.39, 0.29) is 0 Å². The highest BCUT2D eigenvalue weighted by atomic mass is 31.0. The van der Waals surface area contributed by atoms with E-state index in [0.29, 0.717) is 6.04 Å². The lowest BCUT2D eigenvalue weighted by Crippen LogP contribution is -2.76. The molecule has 1 aromatic carbocycles. The lowest BCUT2D eigenvalue weighted by molar-refractivity contribution is -0.124. The highest BCUT2D eigenvalue weighted by Crippen LogP contribution is 2.40. The number of anilines is 1. The molecular weight excluding hydrogens is 399 g/mol. The molecule has 174 valence electrons. The molecule has 0 saturated heterocycles. The molecule has 2 unspecified atom stereocenters. The van der Waals surface area contributed by atoms with Crippen molar-refractivity contribution in [3.05, 3.63) is 54.6 Å². The van der Waals surface area contributed by atoms with Crippen molar-refractivity contribution in [2.24, 2.45) is 0 Å². The number of rotatable bonds is 12. The minimum Gasteiger partial charge on any atom is -0.328 e. The van der Waals surface area contributed by atoms with Crippen LogP contribution in [0.15, 0.2) is 54.6 Å². The summed E-state index contributed by atoms with van der Waals surface area (Å²) in [5.74, 6) is -0.498. The van der Waals surface area contributed by atoms with Crippen LogP contribution >= 0.6 is 9.24 Å². The first-order chi connectivity index (χ1) is 14.9. The Morgan fingerprint density at radius 3 is 2.23 bits per heavy atom. The van der Waals surface area contributed by atoms with E-state index in [2.05, 4.69) is 113 Å². The summed E-state index contributed by atoms with van der Waals surface area (Å²) in [6, 6.07) is 11.3. The first kappa shape index (κ1) is 25.7. The largest absolute Gasteiger partial charge is 0.328 e. The molecule has 0 bridgehead atoms. The molecule has 2 atom stereocenters. The van der Waals surface area contributed by atoms with E-state index >= 15 is 0 Å². The third-order valence-electron chi connectivity index (χ3n) is 6.31. The van der Waals surface area contributed by atoms with E-state index in [4.69, 9.17) is 0 Å². The molecule has 4 nitrogen and oxygen atoms in total. The van der Waals surface area contributed by atoms with Gasteiger partial charge in [-0.05, 0) is 51.9 Å². The highest BCUT2D eigenvalue weighted by molar-refractivity contribution is 7.22. The van der Waals surface area contributed by atoms with Gasteiger partial charge in [0.1, 0.15) is 0 Å². The second-order valence-electron chi connectivity index (χ2n) is 8.92. The molecule has 0 amide bonds. The fourth-order valence-corrected chi connectivity index (χ4v) is 5.44. The van der Waals surface area contributed by atoms with Gasteiger partial charge in [-0.25, -0.2) is 0 Å². The number of unbranched alkanes of at least 4 members (excludes halogenated alkanes) is 1. The molecule has 0 radical (unpaired) electrons. The summed E-state index contributed by atoms with van der Waals surface area (Å²) in [5, 5.41) is 0. The quantitative estimate of drug-likeness (QED) is 0.277. The number of allylic oxidation sites excluding steroid dienone is 1. The molecule has 0 heterocycles. The molecule has 1 aliphatic rings. The van der Waals surface area contributed by atoms with Crippen LogP contribution in [0.3, 0.4) is 0 Å². The van der Waals surface area contributed by atoms with Gasteiger partial charge >= 0.3 is 0 Å². The predicted octanol–water partition coefficient (Wildman–Crippen LogP) is 6.30. The zero-order chi connectivity index (χ0) is 22.9. The molecule has 0 aliphatic heterocycles. The molecule has 1 saturated carbocycles. The van der Waals surface area contributed by atoms with Gasteiger partial charge in [0.15, 0.2) is 0 Å². The predicted molar refractivity (Wildman–Crippen MR) is 140 cm³/mol. The summed E-state index contributed by atoms with van der Waals surface area (Å²) in [6.07, 6.45) is 14.2. The van der Waals surface area contributed by atoms with Crippen LogP contribution < -0.4 is 4.90 Å². The average Bonchev–Trinajstić information content (AvgIpc) is 2.76. The van der Waals surface area contributed by atoms with Crippen molar-refractivity contribution in [2.75, 3.05) is 32.6 Å². The summed E-state index contributed by atoms with van der Waals surface area (Å²) < 4.78 is 0. The Kier molecular flexibility index (Phi) is 10.4. The van der Waals surface area contributed by atoms with Crippen molar-refractivity contribution in [1.29, 1.82) is 0 Å². The van der Waals surface area contributed by atoms with Gasteiger partial charge in [-0.1, -0.05) is 79.6 Å². The van der Waals surface area contributed by atoms with E-state index in [9.17, 15) is 0 Å². The lowest BCUT2D eigenvalue weighted by Gasteiger charge is -2.61. The Bertz CT molecular complexity index is 684. The third kappa shape index (κ3) is 5.84. The van der Waals surface area contributed by atoms with Gasteiger partial charge in [0, 0.05) is 37.0 Å². The van der Waals surface area contributed by atoms with E-state index in [1.54, 1.807) is 0 Å². The SMILES string of the molecule is C=C(P)N(C1CCCCC1)C(N(C)C)(N(C)/C=C/CCC)N(CCC)c1ccccc1. The zero-order valence-electron chi connectivity index (χ0n) is 20.6. The zero-order valence-corrected chi connectivity index (χ0v) is 21.7. The summed E-state index contributed by atoms with van der Waals surface area (Å²) in [4.78, 5) is 9.91. The first-order valence-corrected chi connectivity index (χ1v) is 12.6. The Balaban J connectivity index is 2.73. The van der Waals surface area contributed by atoms with Crippen molar-refractivity contribution in [2.45, 2.75) is 77.2 Å². The van der Waals surface area contributed by atoms with E-state index < -0.39 is 5.91 Å². The highest BCUT2D eigenvalue weighted by Gasteiger charge is 2.50. The molecule has 5 heteroatoms. The van der Waals surface area contributed by atoms with Gasteiger partial charge in [0.05, 0.1) is 0 Å². The van der Waals surface area contributed by atoms with Crippen LogP contribution in [-0.4, -0.2) is 54.3 Å². The Morgan fingerprint density at radius 1 is 1.06 bits per heavy atom. The first-order valence-electron chi connectivity index (χ1n) is 12.0. The van der Waals surface area contributed by atoms with Gasteiger partial charge < -0.3 is 14.7 Å². The van der Waals surface area contributed by atoms with Crippen LogP contribution in [0.5, 0.6) is 0 Å². The lowest BCUT2D eigenvalue weighted by atomic mass is 9.93. The molecule has 1 aliphatic carbocycles. The Labute approximate surface area is 194 Å². The second-order valence-corrected chi connectivity index (χ2v) is 9.59. The Morgan fingerprint density at radius 2 is 1.71 bits per heavy atom. The average molecular weight is 445 g/mol. The fourth-order valence-electron chi connectivity index (χ4n) is 5.06. The van der Waals surface area contributed by atoms with Crippen LogP contribution in [0.1, 0.15) is 65.2 Å². The Hall–Kier alpha value is -1.51. The van der Waals surface area contributed by atoms with Crippen molar-refractivity contribution < 1.29 is 0 Å². The van der Waals surface area contributed by atoms with Crippen molar-refractivity contribution in [3.8, 4) is 0 Å². The maximum absolute atomic E-state index is 4.48. The van der Waals surface area contributed by atoms with Gasteiger partial charge in [-0.2, -0.15) is 0 Å². The summed E-state index contributed by atoms with van der Waals surface area (Å²) in [5.41, 5.74) is 2.29. The second kappa shape index (κ2) is 12.5. The molecule has 2 rings (SSSR count). The van der Waals surface area contributed by atoms with Gasteiger partial charge in [-0.15, -0.1) is 0 Å². The topological polar surface area (TPSA) is 13.0 Å². The van der Waals surface area contributed by atoms with Crippen molar-refractivity contribution >= 4 is 14.9 Å². The number of benzene rings is 1. The third-order valence-corrected chi connectivity index (χ3v) is 6.59. The van der Waals surface area contributed by atoms with E-state index in [1.165, 1.54) is 37.8 Å². The minimum atomic E-state index is -0.498. The maximum Gasteiger partial charge on any atom is 0.255 e. The molecule has 1 fully saturated rings. The molecule has 0 N–H and O–H groups in total. The number of hydrogen-bond donors (Lipinski definition) is 0. The summed E-state index contributed by atoms with van der Waals surface area (Å²) in [6.45, 7) is 9.93. The number of hydrogen-bond acceptors (Lipinski definition) is 4. The standard InChI is InChI=1S/C26H45N4P/c1-7-9-16-22-28(6)26(27(4)5,29(21-8-2)24-17-12-10-13-18-24)30(23(3)31)25-19-14-11-15-20-25/h10,12-13,16-18,22,25H,3,7-9,11,14-15,19-21,31H2,1-2,4-6H3/b22-16+. The van der Waals surface area contributed by atoms with Gasteiger partial charge in [0.25, 0.3) is 5.91 Å². The maximum atomic E-state index is 4.48. The van der Waals surface area contributed by atoms with Gasteiger partial charge in [-0.3, -0.25) is 4.90 Å². The van der Waals surface area contributed by atoms with Crippen molar-refractivity contribution in [1.82, 2.24) is 14.7 Å². The van der Waals surface area contributed by atoms with Crippen LogP contribution in [0.25, 0.3) is 0 Å². The monoisotopic (exact) mass is 444 g/mol. The summed E-state index contributed by atoms with van der Waals surface area (Å²) >= 11 is 0. The summed E-state index contributed by atoms with van der Waals surface area (Å²) in [7, 11) is 9.56. The minimum absolute atomic E-state index is 0.464. The van der Waals surface area contributed by atoms with Crippen LogP contribution in [0, 0.1) is 0 Å².